The van der Waals surface area contributed by atoms with Crippen LogP contribution in [0.15, 0.2) is 94.6 Å². The first-order valence-electron chi connectivity index (χ1n) is 11.5. The maximum Gasteiger partial charge on any atom is 0.255 e. The molecule has 12 heteroatoms. The Morgan fingerprint density at radius 1 is 0.725 bits per heavy atom. The van der Waals surface area contributed by atoms with Crippen LogP contribution in [0.4, 0.5) is 0 Å². The summed E-state index contributed by atoms with van der Waals surface area (Å²) in [7, 11) is 3.09. The molecule has 1 amide bonds. The number of rotatable bonds is 10. The third-order valence-electron chi connectivity index (χ3n) is 4.95. The molecule has 0 fully saturated rings. The van der Waals surface area contributed by atoms with Gasteiger partial charge in [0.2, 0.25) is 0 Å². The van der Waals surface area contributed by atoms with Crippen LogP contribution in [-0.4, -0.2) is 50.0 Å². The number of ketones is 2. The van der Waals surface area contributed by atoms with E-state index in [1.807, 2.05) is 0 Å². The van der Waals surface area contributed by atoms with E-state index in [-0.39, 0.29) is 30.6 Å². The number of furan rings is 2. The molecule has 2 heterocycles. The van der Waals surface area contributed by atoms with Crippen molar-refractivity contribution in [3.63, 3.8) is 0 Å². The van der Waals surface area contributed by atoms with Crippen molar-refractivity contribution in [3.05, 3.63) is 108 Å². The minimum absolute atomic E-state index is 0.0612. The molecule has 0 radical (unpaired) electrons. The maximum absolute atomic E-state index is 11.9. The highest BCUT2D eigenvalue weighted by Crippen LogP contribution is 2.13. The summed E-state index contributed by atoms with van der Waals surface area (Å²) >= 11 is 10.3. The molecule has 2 N–H and O–H groups in total. The highest BCUT2D eigenvalue weighted by Gasteiger charge is 2.11. The van der Waals surface area contributed by atoms with E-state index in [2.05, 4.69) is 14.6 Å². The van der Waals surface area contributed by atoms with E-state index < -0.39 is 5.24 Å². The summed E-state index contributed by atoms with van der Waals surface area (Å²) in [6.07, 6.45) is 5.43. The molecule has 0 saturated heterocycles. The van der Waals surface area contributed by atoms with Gasteiger partial charge in [0, 0.05) is 11.1 Å². The Kier molecular flexibility index (Phi) is 13.7. The molecule has 0 aliphatic heterocycles. The second-order valence-corrected chi connectivity index (χ2v) is 8.21. The molecule has 4 aromatic rings. The van der Waals surface area contributed by atoms with Crippen LogP contribution in [0.2, 0.25) is 0 Å². The number of amides is 1. The number of benzene rings is 2. The highest BCUT2D eigenvalue weighted by atomic mass is 35.5. The molecule has 4 rings (SSSR count). The van der Waals surface area contributed by atoms with Crippen LogP contribution >= 0.6 is 23.4 Å². The van der Waals surface area contributed by atoms with Crippen molar-refractivity contribution in [1.82, 2.24) is 10.2 Å². The number of Topliss-reactive ketones (excluding diaryl/α,β-unsaturated/α-hetero) is 2. The lowest BCUT2D eigenvalue weighted by Crippen LogP contribution is -2.29. The van der Waals surface area contributed by atoms with Gasteiger partial charge in [-0.25, -0.2) is 4.84 Å². The van der Waals surface area contributed by atoms with Crippen molar-refractivity contribution in [2.24, 2.45) is 0 Å². The molecule has 10 nitrogen and oxygen atoms in total. The molecule has 0 saturated carbocycles. The van der Waals surface area contributed by atoms with Crippen LogP contribution in [0.3, 0.4) is 0 Å². The highest BCUT2D eigenvalue weighted by molar-refractivity contribution is 6.67. The van der Waals surface area contributed by atoms with Gasteiger partial charge in [0.15, 0.2) is 11.6 Å². The normalized spacial score (nSPS) is 9.70. The van der Waals surface area contributed by atoms with Gasteiger partial charge in [0.05, 0.1) is 51.0 Å². The zero-order valence-electron chi connectivity index (χ0n) is 21.5. The number of methoxy groups -OCH3 is 2. The molecule has 0 bridgehead atoms. The lowest BCUT2D eigenvalue weighted by Gasteiger charge is -2.05. The molecule has 0 atom stereocenters. The fourth-order valence-corrected chi connectivity index (χ4v) is 3.12. The SMILES string of the molecule is COc1cccc(C(=O)CNC(=O)c2ccoc2)c1.COc1cccc(C(=O)CNCl)c1.O=C(Cl)c1ccoc1. The van der Waals surface area contributed by atoms with Gasteiger partial charge in [-0.1, -0.05) is 24.3 Å². The summed E-state index contributed by atoms with van der Waals surface area (Å²) in [5.74, 6) is 0.682. The summed E-state index contributed by atoms with van der Waals surface area (Å²) in [5, 5.41) is 2.04. The third-order valence-corrected chi connectivity index (χ3v) is 5.30. The van der Waals surface area contributed by atoms with Crippen molar-refractivity contribution >= 4 is 46.1 Å². The standard InChI is InChI=1S/C14H13NO4.C9H10ClNO2.C5H3ClO2/c1-18-12-4-2-3-10(7-12)13(16)8-15-14(17)11-5-6-19-9-11;1-13-8-4-2-3-7(5-8)9(12)6-11-10;6-5(7)4-1-2-8-3-4/h2-7,9H,8H2,1H3,(H,15,17);2-5,11H,6H2,1H3;1-3H. The van der Waals surface area contributed by atoms with Gasteiger partial charge in [-0.2, -0.15) is 0 Å². The lowest BCUT2D eigenvalue weighted by atomic mass is 10.1. The average Bonchev–Trinajstić information content (AvgIpc) is 3.72. The molecule has 0 unspecified atom stereocenters. The van der Waals surface area contributed by atoms with Gasteiger partial charge in [0.25, 0.3) is 11.1 Å². The van der Waals surface area contributed by atoms with Crippen LogP contribution < -0.4 is 19.6 Å². The van der Waals surface area contributed by atoms with Gasteiger partial charge >= 0.3 is 0 Å². The van der Waals surface area contributed by atoms with Crippen LogP contribution in [-0.2, 0) is 0 Å². The summed E-state index contributed by atoms with van der Waals surface area (Å²) in [6.45, 7) is 0.0475. The summed E-state index contributed by atoms with van der Waals surface area (Å²) < 4.78 is 19.4. The predicted molar refractivity (Wildman–Crippen MR) is 148 cm³/mol. The van der Waals surface area contributed by atoms with E-state index in [1.54, 1.807) is 55.6 Å². The zero-order valence-corrected chi connectivity index (χ0v) is 23.0. The fourth-order valence-electron chi connectivity index (χ4n) is 2.89. The van der Waals surface area contributed by atoms with E-state index >= 15 is 0 Å². The average molecular weight is 589 g/mol. The first-order valence-corrected chi connectivity index (χ1v) is 12.2. The van der Waals surface area contributed by atoms with Crippen LogP contribution in [0.25, 0.3) is 0 Å². The van der Waals surface area contributed by atoms with Gasteiger partial charge < -0.3 is 23.6 Å². The van der Waals surface area contributed by atoms with E-state index in [4.69, 9.17) is 37.3 Å². The number of ether oxygens (including phenoxy) is 2. The number of carbonyl (C=O) groups excluding carboxylic acids is 4. The van der Waals surface area contributed by atoms with Crippen LogP contribution in [0, 0.1) is 0 Å². The molecule has 2 aromatic heterocycles. The molecule has 40 heavy (non-hydrogen) atoms. The van der Waals surface area contributed by atoms with Crippen molar-refractivity contribution in [2.75, 3.05) is 27.3 Å². The monoisotopic (exact) mass is 588 g/mol. The Bertz CT molecular complexity index is 1370. The van der Waals surface area contributed by atoms with Crippen molar-refractivity contribution in [3.8, 4) is 11.5 Å². The minimum Gasteiger partial charge on any atom is -0.497 e. The number of nitrogens with one attached hydrogen (secondary N) is 2. The Hall–Kier alpha value is -4.38. The van der Waals surface area contributed by atoms with Crippen molar-refractivity contribution in [1.29, 1.82) is 0 Å². The second kappa shape index (κ2) is 17.3. The Morgan fingerprint density at radius 3 is 1.62 bits per heavy atom. The van der Waals surface area contributed by atoms with Gasteiger partial charge in [-0.15, -0.1) is 0 Å². The van der Waals surface area contributed by atoms with Gasteiger partial charge in [-0.3, -0.25) is 19.2 Å². The maximum atomic E-state index is 11.9. The number of halogens is 2. The van der Waals surface area contributed by atoms with E-state index in [0.717, 1.165) is 0 Å². The minimum atomic E-state index is -0.487. The van der Waals surface area contributed by atoms with E-state index in [1.165, 1.54) is 44.3 Å². The predicted octanol–water partition coefficient (Wildman–Crippen LogP) is 5.18. The third kappa shape index (κ3) is 10.8. The lowest BCUT2D eigenvalue weighted by molar-refractivity contribution is 0.0903. The quantitative estimate of drug-likeness (QED) is 0.146. The number of carbonyl (C=O) groups is 4. The Morgan fingerprint density at radius 2 is 1.23 bits per heavy atom. The molecular formula is C28H26Cl2N2O8. The zero-order chi connectivity index (χ0) is 29.3. The first kappa shape index (κ1) is 31.8. The van der Waals surface area contributed by atoms with Crippen LogP contribution in [0.1, 0.15) is 41.4 Å². The van der Waals surface area contributed by atoms with Gasteiger partial charge in [0.1, 0.15) is 24.0 Å². The Labute approximate surface area is 240 Å². The van der Waals surface area contributed by atoms with Crippen molar-refractivity contribution in [2.45, 2.75) is 0 Å². The summed E-state index contributed by atoms with van der Waals surface area (Å²) in [5.41, 5.74) is 1.87. The van der Waals surface area contributed by atoms with Gasteiger partial charge in [-0.05, 0) is 59.8 Å². The summed E-state index contributed by atoms with van der Waals surface area (Å²) in [4.78, 5) is 47.3. The van der Waals surface area contributed by atoms with E-state index in [9.17, 15) is 19.2 Å². The topological polar surface area (TPSA) is 137 Å². The molecule has 0 aliphatic rings. The largest absolute Gasteiger partial charge is 0.497 e. The second-order valence-electron chi connectivity index (χ2n) is 7.60. The number of hydrogen-bond donors (Lipinski definition) is 2. The Balaban J connectivity index is 0.000000230. The smallest absolute Gasteiger partial charge is 0.255 e. The molecule has 0 aliphatic carbocycles. The molecule has 210 valence electrons. The molecular weight excluding hydrogens is 563 g/mol. The molecule has 2 aromatic carbocycles. The first-order chi connectivity index (χ1) is 19.3. The number of hydrogen-bond acceptors (Lipinski definition) is 9. The van der Waals surface area contributed by atoms with E-state index in [0.29, 0.717) is 33.8 Å². The van der Waals surface area contributed by atoms with Crippen LogP contribution in [0.5, 0.6) is 11.5 Å². The fraction of sp³-hybridized carbons (Fsp3) is 0.143. The molecule has 0 spiro atoms. The summed E-state index contributed by atoms with van der Waals surface area (Å²) in [6, 6.07) is 16.8. The van der Waals surface area contributed by atoms with Crippen molar-refractivity contribution < 1.29 is 37.5 Å².